The fraction of sp³-hybridized carbons (Fsp3) is 0. The third-order valence-corrected chi connectivity index (χ3v) is 9.37. The third kappa shape index (κ3) is 8.36. The predicted molar refractivity (Wildman–Crippen MR) is 228 cm³/mol. The van der Waals surface area contributed by atoms with Gasteiger partial charge in [-0.3, -0.25) is 20.2 Å². The Kier molecular flexibility index (Phi) is 10.5. The maximum atomic E-state index is 11.0. The van der Waals surface area contributed by atoms with E-state index in [9.17, 15) is 20.2 Å². The molecule has 58 heavy (non-hydrogen) atoms. The number of rotatable bonds is 13. The Bertz CT molecular complexity index is 2440. The second-order valence-electron chi connectivity index (χ2n) is 13.1. The van der Waals surface area contributed by atoms with Gasteiger partial charge in [-0.2, -0.15) is 0 Å². The molecule has 0 aliphatic carbocycles. The lowest BCUT2D eigenvalue weighted by Gasteiger charge is -2.26. The van der Waals surface area contributed by atoms with Gasteiger partial charge in [0.05, 0.1) is 9.85 Å². The molecule has 8 aromatic carbocycles. The number of hydrogen-bond acceptors (Lipinski definition) is 8. The van der Waals surface area contributed by atoms with Crippen molar-refractivity contribution in [1.82, 2.24) is 0 Å². The number of para-hydroxylation sites is 2. The van der Waals surface area contributed by atoms with Gasteiger partial charge in [0.25, 0.3) is 11.4 Å². The van der Waals surface area contributed by atoms with Gasteiger partial charge in [-0.05, 0) is 132 Å². The molecular formula is C48H34N4O6. The summed E-state index contributed by atoms with van der Waals surface area (Å²) >= 11 is 0. The van der Waals surface area contributed by atoms with Crippen molar-refractivity contribution in [3.63, 3.8) is 0 Å². The molecular weight excluding hydrogens is 729 g/mol. The molecule has 0 amide bonds. The SMILES string of the molecule is O=[N+]([O-])c1ccc(Oc2ccc(N(c3ccccc3)c3ccc(-c4ccc(N(c5ccccc5)c5ccc(Oc6ccc([N+](=O)[O-])cc6)cc5)cc4)cc3)cc2)cc1. The summed E-state index contributed by atoms with van der Waals surface area (Å²) in [6.45, 7) is 0. The number of hydrogen-bond donors (Lipinski definition) is 0. The Hall–Kier alpha value is -8.24. The lowest BCUT2D eigenvalue weighted by Crippen LogP contribution is -2.10. The van der Waals surface area contributed by atoms with E-state index < -0.39 is 9.85 Å². The molecule has 0 unspecified atom stereocenters. The number of anilines is 6. The quantitative estimate of drug-likeness (QED) is 0.0843. The highest BCUT2D eigenvalue weighted by Crippen LogP contribution is 2.39. The molecule has 0 atom stereocenters. The average molecular weight is 763 g/mol. The highest BCUT2D eigenvalue weighted by molar-refractivity contribution is 5.81. The summed E-state index contributed by atoms with van der Waals surface area (Å²) in [6, 6.07) is 64.6. The first-order valence-electron chi connectivity index (χ1n) is 18.3. The van der Waals surface area contributed by atoms with Gasteiger partial charge >= 0.3 is 0 Å². The molecule has 0 N–H and O–H groups in total. The van der Waals surface area contributed by atoms with Crippen molar-refractivity contribution in [2.45, 2.75) is 0 Å². The highest BCUT2D eigenvalue weighted by atomic mass is 16.6. The topological polar surface area (TPSA) is 111 Å². The fourth-order valence-corrected chi connectivity index (χ4v) is 6.52. The van der Waals surface area contributed by atoms with E-state index in [2.05, 4.69) is 82.6 Å². The van der Waals surface area contributed by atoms with Gasteiger partial charge in [0, 0.05) is 58.4 Å². The Morgan fingerprint density at radius 3 is 0.828 bits per heavy atom. The van der Waals surface area contributed by atoms with Crippen molar-refractivity contribution in [2.24, 2.45) is 0 Å². The molecule has 8 aromatic rings. The van der Waals surface area contributed by atoms with Crippen LogP contribution in [0.15, 0.2) is 206 Å². The Balaban J connectivity index is 1.01. The van der Waals surface area contributed by atoms with Crippen LogP contribution < -0.4 is 19.3 Å². The van der Waals surface area contributed by atoms with Crippen LogP contribution in [0.1, 0.15) is 0 Å². The van der Waals surface area contributed by atoms with E-state index in [1.54, 1.807) is 24.3 Å². The van der Waals surface area contributed by atoms with Crippen LogP contribution >= 0.6 is 0 Å². The summed E-state index contributed by atoms with van der Waals surface area (Å²) in [4.78, 5) is 25.5. The van der Waals surface area contributed by atoms with E-state index in [0.717, 1.165) is 45.3 Å². The van der Waals surface area contributed by atoms with Gasteiger partial charge in [-0.15, -0.1) is 0 Å². The molecule has 8 rings (SSSR count). The zero-order chi connectivity index (χ0) is 39.8. The van der Waals surface area contributed by atoms with Crippen LogP contribution in [0.3, 0.4) is 0 Å². The normalized spacial score (nSPS) is 10.7. The van der Waals surface area contributed by atoms with Crippen LogP contribution in [-0.4, -0.2) is 9.85 Å². The molecule has 0 fully saturated rings. The van der Waals surface area contributed by atoms with Crippen molar-refractivity contribution in [3.05, 3.63) is 226 Å². The minimum atomic E-state index is -0.436. The molecule has 282 valence electrons. The molecule has 0 heterocycles. The number of ether oxygens (including phenoxy) is 2. The molecule has 0 bridgehead atoms. The number of benzene rings is 8. The van der Waals surface area contributed by atoms with Gasteiger partial charge in [0.1, 0.15) is 23.0 Å². The molecule has 0 saturated heterocycles. The largest absolute Gasteiger partial charge is 0.457 e. The first kappa shape index (κ1) is 36.7. The third-order valence-electron chi connectivity index (χ3n) is 9.37. The molecule has 0 aromatic heterocycles. The van der Waals surface area contributed by atoms with Crippen LogP contribution in [0.25, 0.3) is 11.1 Å². The highest BCUT2D eigenvalue weighted by Gasteiger charge is 2.16. The van der Waals surface area contributed by atoms with Crippen molar-refractivity contribution < 1.29 is 19.3 Å². The van der Waals surface area contributed by atoms with E-state index in [1.807, 2.05) is 84.9 Å². The molecule has 10 heteroatoms. The van der Waals surface area contributed by atoms with Crippen molar-refractivity contribution in [1.29, 1.82) is 0 Å². The lowest BCUT2D eigenvalue weighted by molar-refractivity contribution is -0.385. The molecule has 0 radical (unpaired) electrons. The van der Waals surface area contributed by atoms with Crippen LogP contribution in [0.4, 0.5) is 45.5 Å². The average Bonchev–Trinajstić information content (AvgIpc) is 3.27. The monoisotopic (exact) mass is 762 g/mol. The van der Waals surface area contributed by atoms with E-state index in [0.29, 0.717) is 23.0 Å². The van der Waals surface area contributed by atoms with E-state index >= 15 is 0 Å². The first-order valence-corrected chi connectivity index (χ1v) is 18.3. The summed E-state index contributed by atoms with van der Waals surface area (Å²) in [7, 11) is 0. The molecule has 0 spiro atoms. The van der Waals surface area contributed by atoms with E-state index in [4.69, 9.17) is 9.47 Å². The maximum Gasteiger partial charge on any atom is 0.269 e. The molecule has 0 aliphatic rings. The molecule has 10 nitrogen and oxygen atoms in total. The number of nitrogens with zero attached hydrogens (tertiary/aromatic N) is 4. The number of nitro benzene ring substituents is 2. The zero-order valence-corrected chi connectivity index (χ0v) is 30.9. The summed E-state index contributed by atoms with van der Waals surface area (Å²) in [6.07, 6.45) is 0. The maximum absolute atomic E-state index is 11.0. The van der Waals surface area contributed by atoms with Gasteiger partial charge < -0.3 is 19.3 Å². The fourth-order valence-electron chi connectivity index (χ4n) is 6.52. The summed E-state index contributed by atoms with van der Waals surface area (Å²) in [5, 5.41) is 22.1. The van der Waals surface area contributed by atoms with Gasteiger partial charge in [0.15, 0.2) is 0 Å². The standard InChI is InChI=1S/C48H34N4O6/c53-51(54)43-23-31-47(32-24-43)57-45-27-19-41(20-28-45)49(37-7-3-1-4-8-37)39-15-11-35(12-16-39)36-13-17-40(18-14-36)50(38-9-5-2-6-10-38)42-21-29-46(30-22-42)58-48-33-25-44(26-34-48)52(55)56/h1-34H. The van der Waals surface area contributed by atoms with E-state index in [-0.39, 0.29) is 11.4 Å². The summed E-state index contributed by atoms with van der Waals surface area (Å²) < 4.78 is 11.9. The van der Waals surface area contributed by atoms with Gasteiger partial charge in [0.2, 0.25) is 0 Å². The Morgan fingerprint density at radius 2 is 0.552 bits per heavy atom. The van der Waals surface area contributed by atoms with Crippen molar-refractivity contribution in [3.8, 4) is 34.1 Å². The predicted octanol–water partition coefficient (Wildman–Crippen LogP) is 13.7. The second-order valence-corrected chi connectivity index (χ2v) is 13.1. The second kappa shape index (κ2) is 16.6. The number of nitro groups is 2. The van der Waals surface area contributed by atoms with Gasteiger partial charge in [-0.1, -0.05) is 60.7 Å². The van der Waals surface area contributed by atoms with Crippen LogP contribution in [0.2, 0.25) is 0 Å². The molecule has 0 aliphatic heterocycles. The zero-order valence-electron chi connectivity index (χ0n) is 30.9. The Labute approximate surface area is 334 Å². The van der Waals surface area contributed by atoms with E-state index in [1.165, 1.54) is 24.3 Å². The lowest BCUT2D eigenvalue weighted by atomic mass is 10.0. The minimum Gasteiger partial charge on any atom is -0.457 e. The first-order chi connectivity index (χ1) is 28.4. The summed E-state index contributed by atoms with van der Waals surface area (Å²) in [5.41, 5.74) is 7.97. The van der Waals surface area contributed by atoms with Gasteiger partial charge in [-0.25, -0.2) is 0 Å². The van der Waals surface area contributed by atoms with Crippen LogP contribution in [-0.2, 0) is 0 Å². The molecule has 0 saturated carbocycles. The van der Waals surface area contributed by atoms with Crippen LogP contribution in [0, 0.1) is 20.2 Å². The smallest absolute Gasteiger partial charge is 0.269 e. The summed E-state index contributed by atoms with van der Waals surface area (Å²) in [5.74, 6) is 2.25. The van der Waals surface area contributed by atoms with Crippen molar-refractivity contribution in [2.75, 3.05) is 9.80 Å². The van der Waals surface area contributed by atoms with Crippen LogP contribution in [0.5, 0.6) is 23.0 Å². The minimum absolute atomic E-state index is 0.00829. The number of non-ortho nitro benzene ring substituents is 2. The van der Waals surface area contributed by atoms with Crippen molar-refractivity contribution >= 4 is 45.5 Å². The Morgan fingerprint density at radius 1 is 0.310 bits per heavy atom.